The van der Waals surface area contributed by atoms with Crippen LogP contribution in [0.5, 0.6) is 0 Å². The van der Waals surface area contributed by atoms with Crippen molar-refractivity contribution in [2.75, 3.05) is 19.8 Å². The largest absolute Gasteiger partial charge is 0.386 e. The fraction of sp³-hybridized carbons (Fsp3) is 0.700. The van der Waals surface area contributed by atoms with Crippen molar-refractivity contribution in [1.29, 1.82) is 0 Å². The van der Waals surface area contributed by atoms with Crippen molar-refractivity contribution in [3.8, 4) is 0 Å². The van der Waals surface area contributed by atoms with Crippen LogP contribution in [0.25, 0.3) is 0 Å². The average Bonchev–Trinajstić information content (AvgIpc) is 2.82. The lowest BCUT2D eigenvalue weighted by Crippen LogP contribution is -2.41. The standard InChI is InChI=1S/C10H16N2O2S/c11-6-10(1-3-14-4-2-10)9(13)8-5-15-7-12-8/h5,7,9,13H,1-4,6,11H2. The predicted octanol–water partition coefficient (Wildman–Crippen LogP) is 0.932. The van der Waals surface area contributed by atoms with Crippen molar-refractivity contribution < 1.29 is 9.84 Å². The van der Waals surface area contributed by atoms with Crippen molar-refractivity contribution in [3.63, 3.8) is 0 Å². The van der Waals surface area contributed by atoms with Gasteiger partial charge in [-0.25, -0.2) is 4.98 Å². The Hall–Kier alpha value is -0.490. The maximum atomic E-state index is 10.3. The number of hydrogen-bond acceptors (Lipinski definition) is 5. The van der Waals surface area contributed by atoms with Crippen LogP contribution in [0.2, 0.25) is 0 Å². The highest BCUT2D eigenvalue weighted by Crippen LogP contribution is 2.41. The second kappa shape index (κ2) is 4.57. The van der Waals surface area contributed by atoms with E-state index in [2.05, 4.69) is 4.98 Å². The highest BCUT2D eigenvalue weighted by atomic mass is 32.1. The fourth-order valence-corrected chi connectivity index (χ4v) is 2.61. The summed E-state index contributed by atoms with van der Waals surface area (Å²) in [6.07, 6.45) is 1.06. The van der Waals surface area contributed by atoms with Crippen LogP contribution in [0.3, 0.4) is 0 Å². The molecule has 0 amide bonds. The molecule has 4 nitrogen and oxygen atoms in total. The van der Waals surface area contributed by atoms with E-state index in [-0.39, 0.29) is 5.41 Å². The Morgan fingerprint density at radius 2 is 2.33 bits per heavy atom. The summed E-state index contributed by atoms with van der Waals surface area (Å²) in [4.78, 5) is 4.16. The molecule has 0 saturated carbocycles. The second-order valence-electron chi connectivity index (χ2n) is 3.99. The second-order valence-corrected chi connectivity index (χ2v) is 4.71. The molecule has 1 atom stereocenters. The van der Waals surface area contributed by atoms with Crippen molar-refractivity contribution in [2.45, 2.75) is 18.9 Å². The first kappa shape index (κ1) is 11.0. The Kier molecular flexibility index (Phi) is 3.35. The molecule has 5 heteroatoms. The molecule has 84 valence electrons. The van der Waals surface area contributed by atoms with E-state index in [1.807, 2.05) is 5.38 Å². The molecule has 1 aromatic heterocycles. The summed E-state index contributed by atoms with van der Waals surface area (Å²) in [6.45, 7) is 1.84. The number of hydrogen-bond donors (Lipinski definition) is 2. The monoisotopic (exact) mass is 228 g/mol. The molecule has 0 radical (unpaired) electrons. The fourth-order valence-electron chi connectivity index (χ4n) is 2.04. The van der Waals surface area contributed by atoms with E-state index in [4.69, 9.17) is 10.5 Å². The van der Waals surface area contributed by atoms with Gasteiger partial charge >= 0.3 is 0 Å². The minimum atomic E-state index is -0.558. The quantitative estimate of drug-likeness (QED) is 0.807. The van der Waals surface area contributed by atoms with Gasteiger partial charge < -0.3 is 15.6 Å². The van der Waals surface area contributed by atoms with E-state index in [0.29, 0.717) is 19.8 Å². The maximum absolute atomic E-state index is 10.3. The lowest BCUT2D eigenvalue weighted by atomic mass is 9.74. The molecule has 0 aliphatic carbocycles. The zero-order valence-electron chi connectivity index (χ0n) is 8.56. The number of aliphatic hydroxyl groups excluding tert-OH is 1. The number of aliphatic hydroxyl groups is 1. The molecule has 1 aliphatic heterocycles. The van der Waals surface area contributed by atoms with E-state index in [1.165, 1.54) is 11.3 Å². The molecular weight excluding hydrogens is 212 g/mol. The number of nitrogens with two attached hydrogens (primary N) is 1. The molecule has 0 spiro atoms. The Morgan fingerprint density at radius 3 is 2.87 bits per heavy atom. The summed E-state index contributed by atoms with van der Waals surface area (Å²) in [5.74, 6) is 0. The van der Waals surface area contributed by atoms with Gasteiger partial charge in [0.25, 0.3) is 0 Å². The van der Waals surface area contributed by atoms with Crippen LogP contribution in [0.1, 0.15) is 24.6 Å². The molecule has 15 heavy (non-hydrogen) atoms. The van der Waals surface area contributed by atoms with Crippen LogP contribution in [0, 0.1) is 5.41 Å². The van der Waals surface area contributed by atoms with Gasteiger partial charge in [0.05, 0.1) is 11.2 Å². The maximum Gasteiger partial charge on any atom is 0.104 e. The Bertz CT molecular complexity index is 296. The summed E-state index contributed by atoms with van der Waals surface area (Å²) in [5, 5.41) is 12.2. The zero-order chi connectivity index (χ0) is 10.7. The number of rotatable bonds is 3. The SMILES string of the molecule is NCC1(C(O)c2cscn2)CCOCC1. The van der Waals surface area contributed by atoms with Crippen LogP contribution >= 0.6 is 11.3 Å². The first-order valence-electron chi connectivity index (χ1n) is 5.12. The van der Waals surface area contributed by atoms with Gasteiger partial charge in [-0.1, -0.05) is 0 Å². The first-order valence-corrected chi connectivity index (χ1v) is 6.07. The molecule has 2 heterocycles. The number of thiazole rings is 1. The van der Waals surface area contributed by atoms with Gasteiger partial charge in [-0.3, -0.25) is 0 Å². The van der Waals surface area contributed by atoms with Crippen molar-refractivity contribution in [3.05, 3.63) is 16.6 Å². The summed E-state index contributed by atoms with van der Waals surface area (Å²) < 4.78 is 5.31. The third-order valence-corrected chi connectivity index (χ3v) is 3.81. The summed E-state index contributed by atoms with van der Waals surface area (Å²) >= 11 is 1.50. The summed E-state index contributed by atoms with van der Waals surface area (Å²) in [6, 6.07) is 0. The Balaban J connectivity index is 2.18. The molecule has 3 N–H and O–H groups in total. The van der Waals surface area contributed by atoms with Crippen molar-refractivity contribution in [1.82, 2.24) is 4.98 Å². The molecule has 0 aromatic carbocycles. The van der Waals surface area contributed by atoms with Crippen molar-refractivity contribution >= 4 is 11.3 Å². The molecule has 0 bridgehead atoms. The lowest BCUT2D eigenvalue weighted by molar-refractivity contribution is -0.0595. The van der Waals surface area contributed by atoms with E-state index >= 15 is 0 Å². The third-order valence-electron chi connectivity index (χ3n) is 3.21. The predicted molar refractivity (Wildman–Crippen MR) is 58.6 cm³/mol. The van der Waals surface area contributed by atoms with Crippen LogP contribution in [-0.2, 0) is 4.74 Å². The third kappa shape index (κ3) is 2.06. The number of ether oxygens (including phenoxy) is 1. The van der Waals surface area contributed by atoms with Gasteiger partial charge in [-0.2, -0.15) is 0 Å². The average molecular weight is 228 g/mol. The van der Waals surface area contributed by atoms with E-state index in [9.17, 15) is 5.11 Å². The van der Waals surface area contributed by atoms with Gasteiger partial charge in [-0.05, 0) is 12.8 Å². The van der Waals surface area contributed by atoms with E-state index < -0.39 is 6.10 Å². The Morgan fingerprint density at radius 1 is 1.60 bits per heavy atom. The Labute approximate surface area is 93.1 Å². The van der Waals surface area contributed by atoms with E-state index in [1.54, 1.807) is 5.51 Å². The molecule has 1 saturated heterocycles. The molecule has 2 rings (SSSR count). The minimum Gasteiger partial charge on any atom is -0.386 e. The molecule has 1 aromatic rings. The molecule has 1 aliphatic rings. The minimum absolute atomic E-state index is 0.244. The van der Waals surface area contributed by atoms with Gasteiger partial charge in [0.1, 0.15) is 6.10 Å². The molecule has 1 unspecified atom stereocenters. The smallest absolute Gasteiger partial charge is 0.104 e. The van der Waals surface area contributed by atoms with Crippen molar-refractivity contribution in [2.24, 2.45) is 11.1 Å². The molecule has 1 fully saturated rings. The van der Waals surface area contributed by atoms with Gasteiger partial charge in [0, 0.05) is 30.6 Å². The zero-order valence-corrected chi connectivity index (χ0v) is 9.37. The first-order chi connectivity index (χ1) is 7.28. The molecular formula is C10H16N2O2S. The van der Waals surface area contributed by atoms with Crippen LogP contribution in [0.15, 0.2) is 10.9 Å². The summed E-state index contributed by atoms with van der Waals surface area (Å²) in [7, 11) is 0. The van der Waals surface area contributed by atoms with Gasteiger partial charge in [0.2, 0.25) is 0 Å². The number of aromatic nitrogens is 1. The van der Waals surface area contributed by atoms with Crippen LogP contribution < -0.4 is 5.73 Å². The normalized spacial score (nSPS) is 22.5. The van der Waals surface area contributed by atoms with E-state index in [0.717, 1.165) is 18.5 Å². The van der Waals surface area contributed by atoms with Crippen LogP contribution in [-0.4, -0.2) is 29.8 Å². The highest BCUT2D eigenvalue weighted by Gasteiger charge is 2.39. The van der Waals surface area contributed by atoms with Gasteiger partial charge in [0.15, 0.2) is 0 Å². The topological polar surface area (TPSA) is 68.4 Å². The number of nitrogens with zero attached hydrogens (tertiary/aromatic N) is 1. The van der Waals surface area contributed by atoms with Gasteiger partial charge in [-0.15, -0.1) is 11.3 Å². The lowest BCUT2D eigenvalue weighted by Gasteiger charge is -2.39. The summed E-state index contributed by atoms with van der Waals surface area (Å²) in [5.41, 5.74) is 8.04. The van der Waals surface area contributed by atoms with Crippen LogP contribution in [0.4, 0.5) is 0 Å². The highest BCUT2D eigenvalue weighted by molar-refractivity contribution is 7.07.